The van der Waals surface area contributed by atoms with Gasteiger partial charge in [0, 0.05) is 24.0 Å². The van der Waals surface area contributed by atoms with Gasteiger partial charge in [0.2, 0.25) is 5.91 Å². The Balaban J connectivity index is 2.76. The number of benzene rings is 1. The van der Waals surface area contributed by atoms with E-state index in [1.807, 2.05) is 26.0 Å². The van der Waals surface area contributed by atoms with Gasteiger partial charge in [0.25, 0.3) is 0 Å². The molecule has 0 aliphatic heterocycles. The van der Waals surface area contributed by atoms with Crippen molar-refractivity contribution in [3.63, 3.8) is 0 Å². The molecule has 0 heterocycles. The second-order valence-electron chi connectivity index (χ2n) is 5.23. The molecule has 0 spiro atoms. The summed E-state index contributed by atoms with van der Waals surface area (Å²) in [5.74, 6) is -1.20. The van der Waals surface area contributed by atoms with Crippen molar-refractivity contribution in [1.29, 1.82) is 0 Å². The predicted molar refractivity (Wildman–Crippen MR) is 82.0 cm³/mol. The largest absolute Gasteiger partial charge is 0.481 e. The molecule has 0 aliphatic carbocycles. The average molecular weight is 313 g/mol. The van der Waals surface area contributed by atoms with Crippen molar-refractivity contribution >= 4 is 23.5 Å². The fourth-order valence-electron chi connectivity index (χ4n) is 1.96. The second-order valence-corrected chi connectivity index (χ2v) is 5.67. The highest BCUT2D eigenvalue weighted by atomic mass is 35.5. The van der Waals surface area contributed by atoms with E-state index in [9.17, 15) is 9.59 Å². The van der Waals surface area contributed by atoms with Gasteiger partial charge in [0.15, 0.2) is 0 Å². The fraction of sp³-hybridized carbons (Fsp3) is 0.467. The van der Waals surface area contributed by atoms with E-state index in [0.717, 1.165) is 5.56 Å². The SMILES string of the molecule is CC(C)N(Cc1cccc(Cl)c1)C(=O)C(N)CCC(=O)O. The number of nitrogens with zero attached hydrogens (tertiary/aromatic N) is 1. The van der Waals surface area contributed by atoms with Crippen LogP contribution in [0, 0.1) is 0 Å². The van der Waals surface area contributed by atoms with Crippen molar-refractivity contribution in [2.24, 2.45) is 5.73 Å². The lowest BCUT2D eigenvalue weighted by molar-refractivity contribution is -0.138. The maximum atomic E-state index is 12.4. The molecule has 3 N–H and O–H groups in total. The minimum absolute atomic E-state index is 0.0349. The number of carboxylic acids is 1. The van der Waals surface area contributed by atoms with E-state index in [1.165, 1.54) is 0 Å². The summed E-state index contributed by atoms with van der Waals surface area (Å²) in [6, 6.07) is 6.44. The van der Waals surface area contributed by atoms with Gasteiger partial charge in [0.1, 0.15) is 0 Å². The minimum atomic E-state index is -0.954. The molecule has 6 heteroatoms. The molecule has 1 atom stereocenters. The first-order chi connectivity index (χ1) is 9.81. The molecule has 1 unspecified atom stereocenters. The maximum absolute atomic E-state index is 12.4. The first kappa shape index (κ1) is 17.5. The number of hydrogen-bond donors (Lipinski definition) is 2. The fourth-order valence-corrected chi connectivity index (χ4v) is 2.18. The number of hydrogen-bond acceptors (Lipinski definition) is 3. The van der Waals surface area contributed by atoms with Crippen LogP contribution in [0.5, 0.6) is 0 Å². The minimum Gasteiger partial charge on any atom is -0.481 e. The topological polar surface area (TPSA) is 83.6 Å². The van der Waals surface area contributed by atoms with Crippen molar-refractivity contribution in [2.75, 3.05) is 0 Å². The number of aliphatic carboxylic acids is 1. The number of carboxylic acid groups (broad SMARTS) is 1. The van der Waals surface area contributed by atoms with Gasteiger partial charge in [-0.3, -0.25) is 9.59 Å². The van der Waals surface area contributed by atoms with E-state index < -0.39 is 12.0 Å². The van der Waals surface area contributed by atoms with Crippen LogP contribution in [0.2, 0.25) is 5.02 Å². The van der Waals surface area contributed by atoms with Crippen LogP contribution in [0.15, 0.2) is 24.3 Å². The molecule has 0 aromatic heterocycles. The Labute approximate surface area is 129 Å². The lowest BCUT2D eigenvalue weighted by Crippen LogP contribution is -2.46. The summed E-state index contributed by atoms with van der Waals surface area (Å²) in [7, 11) is 0. The molecule has 0 saturated carbocycles. The molecule has 1 amide bonds. The lowest BCUT2D eigenvalue weighted by Gasteiger charge is -2.29. The molecule has 0 saturated heterocycles. The van der Waals surface area contributed by atoms with Gasteiger partial charge in [-0.25, -0.2) is 0 Å². The molecule has 5 nitrogen and oxygen atoms in total. The summed E-state index contributed by atoms with van der Waals surface area (Å²) >= 11 is 5.94. The highest BCUT2D eigenvalue weighted by Gasteiger charge is 2.24. The summed E-state index contributed by atoms with van der Waals surface area (Å²) in [5, 5.41) is 9.27. The van der Waals surface area contributed by atoms with Crippen LogP contribution in [0.25, 0.3) is 0 Å². The molecule has 1 rings (SSSR count). The Morgan fingerprint density at radius 2 is 2.05 bits per heavy atom. The van der Waals surface area contributed by atoms with Gasteiger partial charge in [-0.2, -0.15) is 0 Å². The monoisotopic (exact) mass is 312 g/mol. The summed E-state index contributed by atoms with van der Waals surface area (Å²) in [4.78, 5) is 24.6. The number of carbonyl (C=O) groups excluding carboxylic acids is 1. The van der Waals surface area contributed by atoms with Gasteiger partial charge < -0.3 is 15.7 Å². The Bertz CT molecular complexity index is 505. The molecular weight excluding hydrogens is 292 g/mol. The molecule has 1 aromatic rings. The van der Waals surface area contributed by atoms with Crippen molar-refractivity contribution in [3.05, 3.63) is 34.9 Å². The molecule has 21 heavy (non-hydrogen) atoms. The molecule has 116 valence electrons. The molecule has 0 bridgehead atoms. The smallest absolute Gasteiger partial charge is 0.303 e. The Kier molecular flexibility index (Phi) is 6.65. The van der Waals surface area contributed by atoms with Gasteiger partial charge in [0.05, 0.1) is 6.04 Å². The van der Waals surface area contributed by atoms with E-state index in [1.54, 1.807) is 17.0 Å². The van der Waals surface area contributed by atoms with Crippen molar-refractivity contribution in [1.82, 2.24) is 4.90 Å². The zero-order chi connectivity index (χ0) is 16.0. The first-order valence-electron chi connectivity index (χ1n) is 6.83. The van der Waals surface area contributed by atoms with Gasteiger partial charge in [-0.05, 0) is 38.0 Å². The van der Waals surface area contributed by atoms with Gasteiger partial charge in [-0.1, -0.05) is 23.7 Å². The van der Waals surface area contributed by atoms with Crippen molar-refractivity contribution < 1.29 is 14.7 Å². The number of nitrogens with two attached hydrogens (primary N) is 1. The van der Waals surface area contributed by atoms with Crippen LogP contribution in [0.1, 0.15) is 32.3 Å². The summed E-state index contributed by atoms with van der Waals surface area (Å²) in [5.41, 5.74) is 6.72. The van der Waals surface area contributed by atoms with E-state index in [2.05, 4.69) is 0 Å². The number of amides is 1. The standard InChI is InChI=1S/C15H21ClN2O3/c1-10(2)18(9-11-4-3-5-12(16)8-11)15(21)13(17)6-7-14(19)20/h3-5,8,10,13H,6-7,9,17H2,1-2H3,(H,19,20). The Morgan fingerprint density at radius 1 is 1.38 bits per heavy atom. The van der Waals surface area contributed by atoms with Crippen LogP contribution >= 0.6 is 11.6 Å². The third kappa shape index (κ3) is 5.73. The highest BCUT2D eigenvalue weighted by Crippen LogP contribution is 2.15. The van der Waals surface area contributed by atoms with Crippen LogP contribution in [0.4, 0.5) is 0 Å². The number of rotatable bonds is 7. The van der Waals surface area contributed by atoms with Gasteiger partial charge >= 0.3 is 5.97 Å². The van der Waals surface area contributed by atoms with E-state index in [4.69, 9.17) is 22.4 Å². The van der Waals surface area contributed by atoms with Crippen LogP contribution in [0.3, 0.4) is 0 Å². The number of halogens is 1. The van der Waals surface area contributed by atoms with E-state index in [-0.39, 0.29) is 24.8 Å². The number of carbonyl (C=O) groups is 2. The van der Waals surface area contributed by atoms with E-state index in [0.29, 0.717) is 11.6 Å². The maximum Gasteiger partial charge on any atom is 0.303 e. The second kappa shape index (κ2) is 8.00. The molecular formula is C15H21ClN2O3. The van der Waals surface area contributed by atoms with Crippen molar-refractivity contribution in [3.8, 4) is 0 Å². The quantitative estimate of drug-likeness (QED) is 0.809. The summed E-state index contributed by atoms with van der Waals surface area (Å²) in [6.45, 7) is 4.19. The predicted octanol–water partition coefficient (Wildman–Crippen LogP) is 2.27. The van der Waals surface area contributed by atoms with Crippen LogP contribution in [-0.2, 0) is 16.1 Å². The third-order valence-electron chi connectivity index (χ3n) is 3.13. The average Bonchev–Trinajstić information content (AvgIpc) is 2.41. The lowest BCUT2D eigenvalue weighted by atomic mass is 10.1. The summed E-state index contributed by atoms with van der Waals surface area (Å²) in [6.07, 6.45) is 0.0168. The van der Waals surface area contributed by atoms with Crippen LogP contribution in [-0.4, -0.2) is 34.0 Å². The van der Waals surface area contributed by atoms with E-state index >= 15 is 0 Å². The molecule has 1 aromatic carbocycles. The Morgan fingerprint density at radius 3 is 2.57 bits per heavy atom. The normalized spacial score (nSPS) is 12.2. The van der Waals surface area contributed by atoms with Crippen molar-refractivity contribution in [2.45, 2.75) is 45.3 Å². The summed E-state index contributed by atoms with van der Waals surface area (Å²) < 4.78 is 0. The molecule has 0 fully saturated rings. The third-order valence-corrected chi connectivity index (χ3v) is 3.37. The molecule has 0 aliphatic rings. The Hall–Kier alpha value is -1.59. The zero-order valence-corrected chi connectivity index (χ0v) is 13.0. The first-order valence-corrected chi connectivity index (χ1v) is 7.21. The van der Waals surface area contributed by atoms with Crippen LogP contribution < -0.4 is 5.73 Å². The molecule has 0 radical (unpaired) electrons. The van der Waals surface area contributed by atoms with Gasteiger partial charge in [-0.15, -0.1) is 0 Å². The zero-order valence-electron chi connectivity index (χ0n) is 12.3. The highest BCUT2D eigenvalue weighted by molar-refractivity contribution is 6.30.